The van der Waals surface area contributed by atoms with Crippen LogP contribution in [0, 0.1) is 6.92 Å². The molecular weight excluding hydrogens is 318 g/mol. The number of Topliss-reactive ketones (excluding diaryl/α,β-unsaturated/α-hetero) is 1. The predicted octanol–water partition coefficient (Wildman–Crippen LogP) is 5.14. The summed E-state index contributed by atoms with van der Waals surface area (Å²) < 4.78 is 0. The van der Waals surface area contributed by atoms with Gasteiger partial charge in [0.2, 0.25) is 0 Å². The van der Waals surface area contributed by atoms with Crippen molar-refractivity contribution in [1.82, 2.24) is 4.90 Å². The van der Waals surface area contributed by atoms with Gasteiger partial charge in [-0.05, 0) is 62.5 Å². The first-order chi connectivity index (χ1) is 12.7. The maximum atomic E-state index is 13.4. The third-order valence-electron chi connectivity index (χ3n) is 5.92. The standard InChI is InChI=1S/C24H31NO/c1-3-23(26)24(21-13-6-4-7-14-21,22-15-9-8-12-20(22)2)16-19-25-17-10-5-11-18-25/h4,6-9,12-15H,3,5,10-11,16-19H2,1-2H3. The normalized spacial score (nSPS) is 17.6. The van der Waals surface area contributed by atoms with Crippen LogP contribution in [0.3, 0.4) is 0 Å². The fourth-order valence-electron chi connectivity index (χ4n) is 4.47. The lowest BCUT2D eigenvalue weighted by Gasteiger charge is -2.37. The van der Waals surface area contributed by atoms with Crippen molar-refractivity contribution >= 4 is 5.78 Å². The molecular formula is C24H31NO. The van der Waals surface area contributed by atoms with E-state index in [2.05, 4.69) is 60.4 Å². The Hall–Kier alpha value is -1.93. The van der Waals surface area contributed by atoms with E-state index in [1.165, 1.54) is 43.5 Å². The highest BCUT2D eigenvalue weighted by Gasteiger charge is 2.41. The highest BCUT2D eigenvalue weighted by Crippen LogP contribution is 2.39. The van der Waals surface area contributed by atoms with Crippen LogP contribution in [0.5, 0.6) is 0 Å². The highest BCUT2D eigenvalue weighted by atomic mass is 16.1. The van der Waals surface area contributed by atoms with Gasteiger partial charge < -0.3 is 4.90 Å². The maximum Gasteiger partial charge on any atom is 0.147 e. The molecule has 1 saturated heterocycles. The second-order valence-corrected chi connectivity index (χ2v) is 7.52. The minimum absolute atomic E-state index is 0.329. The molecule has 2 heteroatoms. The van der Waals surface area contributed by atoms with Gasteiger partial charge in [-0.3, -0.25) is 4.79 Å². The Labute approximate surface area is 158 Å². The number of piperidine rings is 1. The fourth-order valence-corrected chi connectivity index (χ4v) is 4.47. The number of hydrogen-bond donors (Lipinski definition) is 0. The van der Waals surface area contributed by atoms with Crippen molar-refractivity contribution < 1.29 is 4.79 Å². The summed E-state index contributed by atoms with van der Waals surface area (Å²) in [5.74, 6) is 0.329. The summed E-state index contributed by atoms with van der Waals surface area (Å²) in [6.07, 6.45) is 5.32. The van der Waals surface area contributed by atoms with Crippen LogP contribution in [0.4, 0.5) is 0 Å². The second kappa shape index (κ2) is 8.64. The monoisotopic (exact) mass is 349 g/mol. The van der Waals surface area contributed by atoms with E-state index in [9.17, 15) is 4.79 Å². The van der Waals surface area contributed by atoms with Crippen LogP contribution in [0.15, 0.2) is 54.6 Å². The average molecular weight is 350 g/mol. The lowest BCUT2D eigenvalue weighted by atomic mass is 9.67. The number of carbonyl (C=O) groups is 1. The molecule has 1 heterocycles. The first-order valence-electron chi connectivity index (χ1n) is 10.1. The summed E-state index contributed by atoms with van der Waals surface area (Å²) in [6.45, 7) is 7.45. The topological polar surface area (TPSA) is 20.3 Å². The lowest BCUT2D eigenvalue weighted by molar-refractivity contribution is -0.123. The molecule has 1 unspecified atom stereocenters. The number of ketones is 1. The van der Waals surface area contributed by atoms with Gasteiger partial charge in [0.15, 0.2) is 0 Å². The van der Waals surface area contributed by atoms with Crippen LogP contribution in [0.2, 0.25) is 0 Å². The zero-order valence-electron chi connectivity index (χ0n) is 16.2. The van der Waals surface area contributed by atoms with Crippen molar-refractivity contribution in [1.29, 1.82) is 0 Å². The summed E-state index contributed by atoms with van der Waals surface area (Å²) >= 11 is 0. The fraction of sp³-hybridized carbons (Fsp3) is 0.458. The lowest BCUT2D eigenvalue weighted by Crippen LogP contribution is -2.42. The molecule has 0 radical (unpaired) electrons. The van der Waals surface area contributed by atoms with Crippen LogP contribution in [-0.4, -0.2) is 30.3 Å². The van der Waals surface area contributed by atoms with E-state index in [0.29, 0.717) is 12.2 Å². The minimum Gasteiger partial charge on any atom is -0.303 e. The number of likely N-dealkylation sites (tertiary alicyclic amines) is 1. The van der Waals surface area contributed by atoms with E-state index in [4.69, 9.17) is 0 Å². The third kappa shape index (κ3) is 3.76. The predicted molar refractivity (Wildman–Crippen MR) is 109 cm³/mol. The van der Waals surface area contributed by atoms with E-state index in [1.54, 1.807) is 0 Å². The number of benzene rings is 2. The van der Waals surface area contributed by atoms with E-state index >= 15 is 0 Å². The quantitative estimate of drug-likeness (QED) is 0.690. The molecule has 0 N–H and O–H groups in total. The summed E-state index contributed by atoms with van der Waals surface area (Å²) in [5.41, 5.74) is 2.98. The van der Waals surface area contributed by atoms with Crippen LogP contribution in [-0.2, 0) is 10.2 Å². The molecule has 1 aliphatic rings. The van der Waals surface area contributed by atoms with Crippen LogP contribution in [0.1, 0.15) is 55.7 Å². The van der Waals surface area contributed by atoms with Crippen LogP contribution in [0.25, 0.3) is 0 Å². The van der Waals surface area contributed by atoms with E-state index < -0.39 is 5.41 Å². The van der Waals surface area contributed by atoms with Gasteiger partial charge in [0.25, 0.3) is 0 Å². The Morgan fingerprint density at radius 1 is 0.962 bits per heavy atom. The Morgan fingerprint density at radius 3 is 2.27 bits per heavy atom. The third-order valence-corrected chi connectivity index (χ3v) is 5.92. The molecule has 2 aromatic rings. The molecule has 1 atom stereocenters. The maximum absolute atomic E-state index is 13.4. The SMILES string of the molecule is CCC(=O)C(CCN1CCCCC1)(c1ccccc1)c1ccccc1C. The molecule has 0 amide bonds. The zero-order chi connectivity index (χ0) is 18.4. The highest BCUT2D eigenvalue weighted by molar-refractivity contribution is 5.94. The molecule has 1 aliphatic heterocycles. The van der Waals surface area contributed by atoms with Crippen molar-refractivity contribution in [2.45, 2.75) is 51.4 Å². The van der Waals surface area contributed by atoms with Crippen LogP contribution >= 0.6 is 0 Å². The van der Waals surface area contributed by atoms with Crippen LogP contribution < -0.4 is 0 Å². The molecule has 0 aliphatic carbocycles. The van der Waals surface area contributed by atoms with E-state index in [1.807, 2.05) is 13.0 Å². The molecule has 0 spiro atoms. The number of aryl methyl sites for hydroxylation is 1. The summed E-state index contributed by atoms with van der Waals surface area (Å²) in [4.78, 5) is 16.0. The van der Waals surface area contributed by atoms with Gasteiger partial charge in [-0.2, -0.15) is 0 Å². The van der Waals surface area contributed by atoms with E-state index in [0.717, 1.165) is 18.5 Å². The second-order valence-electron chi connectivity index (χ2n) is 7.52. The average Bonchev–Trinajstić information content (AvgIpc) is 2.71. The molecule has 138 valence electrons. The zero-order valence-corrected chi connectivity index (χ0v) is 16.2. The Kier molecular flexibility index (Phi) is 6.26. The molecule has 0 saturated carbocycles. The first kappa shape index (κ1) is 18.8. The van der Waals surface area contributed by atoms with Gasteiger partial charge in [0.1, 0.15) is 5.78 Å². The minimum atomic E-state index is -0.543. The van der Waals surface area contributed by atoms with Crippen molar-refractivity contribution in [2.24, 2.45) is 0 Å². The Bertz CT molecular complexity index is 718. The molecule has 1 fully saturated rings. The summed E-state index contributed by atoms with van der Waals surface area (Å²) in [7, 11) is 0. The van der Waals surface area contributed by atoms with Gasteiger partial charge in [-0.15, -0.1) is 0 Å². The Morgan fingerprint density at radius 2 is 1.62 bits per heavy atom. The molecule has 3 rings (SSSR count). The number of carbonyl (C=O) groups excluding carboxylic acids is 1. The molecule has 2 nitrogen and oxygen atoms in total. The van der Waals surface area contributed by atoms with Crippen molar-refractivity contribution in [2.75, 3.05) is 19.6 Å². The Balaban J connectivity index is 2.06. The molecule has 26 heavy (non-hydrogen) atoms. The first-order valence-corrected chi connectivity index (χ1v) is 10.1. The summed E-state index contributed by atoms with van der Waals surface area (Å²) in [6, 6.07) is 18.9. The largest absolute Gasteiger partial charge is 0.303 e. The number of rotatable bonds is 7. The van der Waals surface area contributed by atoms with E-state index in [-0.39, 0.29) is 0 Å². The van der Waals surface area contributed by atoms with Gasteiger partial charge in [0, 0.05) is 6.42 Å². The molecule has 0 bridgehead atoms. The van der Waals surface area contributed by atoms with Crippen molar-refractivity contribution in [3.05, 3.63) is 71.3 Å². The summed E-state index contributed by atoms with van der Waals surface area (Å²) in [5, 5.41) is 0. The van der Waals surface area contributed by atoms with Gasteiger partial charge in [-0.1, -0.05) is 67.9 Å². The molecule has 0 aromatic heterocycles. The van der Waals surface area contributed by atoms with Gasteiger partial charge in [-0.25, -0.2) is 0 Å². The van der Waals surface area contributed by atoms with Crippen molar-refractivity contribution in [3.63, 3.8) is 0 Å². The smallest absolute Gasteiger partial charge is 0.147 e. The molecule has 2 aromatic carbocycles. The number of hydrogen-bond acceptors (Lipinski definition) is 2. The van der Waals surface area contributed by atoms with Crippen molar-refractivity contribution in [3.8, 4) is 0 Å². The van der Waals surface area contributed by atoms with Gasteiger partial charge >= 0.3 is 0 Å². The van der Waals surface area contributed by atoms with Gasteiger partial charge in [0.05, 0.1) is 5.41 Å². The number of nitrogens with zero attached hydrogens (tertiary/aromatic N) is 1.